The molecule has 1 aliphatic heterocycles. The molecule has 1 fully saturated rings. The molecule has 3 heterocycles. The molecule has 10 nitrogen and oxygen atoms in total. The number of nitrogens with zero attached hydrogens (tertiary/aromatic N) is 4. The van der Waals surface area contributed by atoms with Crippen LogP contribution < -0.4 is 11.5 Å². The summed E-state index contributed by atoms with van der Waals surface area (Å²) in [6.07, 6.45) is 1.45. The van der Waals surface area contributed by atoms with Gasteiger partial charge in [-0.2, -0.15) is 5.10 Å². The largest absolute Gasteiger partial charge is 0.366 e. The predicted octanol–water partition coefficient (Wildman–Crippen LogP) is 1.97. The Hall–Kier alpha value is -3.31. The molecular weight excluding hydrogens is 468 g/mol. The number of aryl methyl sites for hydroxylation is 1. The molecule has 11 heteroatoms. The summed E-state index contributed by atoms with van der Waals surface area (Å²) in [6.45, 7) is 6.89. The van der Waals surface area contributed by atoms with Gasteiger partial charge in [0.25, 0.3) is 5.91 Å². The molecule has 35 heavy (non-hydrogen) atoms. The van der Waals surface area contributed by atoms with Crippen molar-refractivity contribution in [1.29, 1.82) is 0 Å². The Morgan fingerprint density at radius 1 is 1.06 bits per heavy atom. The van der Waals surface area contributed by atoms with E-state index >= 15 is 0 Å². The average Bonchev–Trinajstić information content (AvgIpc) is 3.10. The summed E-state index contributed by atoms with van der Waals surface area (Å²) < 4.78 is 27.7. The lowest BCUT2D eigenvalue weighted by atomic mass is 9.92. The maximum Gasteiger partial charge on any atom is 0.267 e. The molecule has 0 unspecified atom stereocenters. The van der Waals surface area contributed by atoms with Crippen LogP contribution in [0.15, 0.2) is 24.3 Å². The van der Waals surface area contributed by atoms with E-state index in [9.17, 15) is 18.0 Å². The highest BCUT2D eigenvalue weighted by atomic mass is 32.2. The van der Waals surface area contributed by atoms with Crippen molar-refractivity contribution in [1.82, 2.24) is 19.1 Å². The SMILES string of the molecule is CCS(=O)(=O)N1CCC(Cn2nc(C)c(-c3c(C(N)=O)nc4ccccc4c3C(N)=O)c2C)CC1. The lowest BCUT2D eigenvalue weighted by Crippen LogP contribution is -2.40. The first-order valence-corrected chi connectivity index (χ1v) is 13.2. The third-order valence-corrected chi connectivity index (χ3v) is 8.65. The van der Waals surface area contributed by atoms with E-state index in [1.165, 1.54) is 0 Å². The molecule has 0 saturated carbocycles. The molecule has 0 aliphatic carbocycles. The number of carbonyl (C=O) groups is 2. The standard InChI is InChI=1S/C24H30N6O4S/c1-4-35(33,34)29-11-9-16(10-12-29)13-30-15(3)19(14(2)28-30)21-20(23(25)31)17-7-5-6-8-18(17)27-22(21)24(26)32/h5-8,16H,4,9-13H2,1-3H3,(H2,25,31)(H2,26,32). The quantitative estimate of drug-likeness (QED) is 0.508. The van der Waals surface area contributed by atoms with Gasteiger partial charge >= 0.3 is 0 Å². The molecule has 3 aromatic rings. The van der Waals surface area contributed by atoms with E-state index in [2.05, 4.69) is 4.98 Å². The number of hydrogen-bond acceptors (Lipinski definition) is 6. The number of sulfonamides is 1. The Labute approximate surface area is 204 Å². The molecule has 0 spiro atoms. The minimum atomic E-state index is -3.19. The number of para-hydroxylation sites is 1. The van der Waals surface area contributed by atoms with Crippen LogP contribution in [-0.4, -0.2) is 58.1 Å². The van der Waals surface area contributed by atoms with Gasteiger partial charge in [0.15, 0.2) is 0 Å². The molecule has 2 aromatic heterocycles. The summed E-state index contributed by atoms with van der Waals surface area (Å²) in [7, 11) is -3.19. The summed E-state index contributed by atoms with van der Waals surface area (Å²) >= 11 is 0. The maximum absolute atomic E-state index is 12.6. The summed E-state index contributed by atoms with van der Waals surface area (Å²) in [6, 6.07) is 6.98. The third-order valence-electron chi connectivity index (χ3n) is 6.77. The Morgan fingerprint density at radius 3 is 2.31 bits per heavy atom. The number of piperidine rings is 1. The van der Waals surface area contributed by atoms with E-state index in [-0.39, 0.29) is 22.9 Å². The lowest BCUT2D eigenvalue weighted by molar-refractivity contribution is 0.0996. The zero-order valence-corrected chi connectivity index (χ0v) is 20.9. The van der Waals surface area contributed by atoms with Crippen LogP contribution in [0.3, 0.4) is 0 Å². The zero-order chi connectivity index (χ0) is 25.5. The zero-order valence-electron chi connectivity index (χ0n) is 20.1. The second kappa shape index (κ2) is 9.38. The van der Waals surface area contributed by atoms with Gasteiger partial charge in [0, 0.05) is 41.8 Å². The average molecular weight is 499 g/mol. The number of hydrogen-bond donors (Lipinski definition) is 2. The molecule has 2 amide bonds. The smallest absolute Gasteiger partial charge is 0.267 e. The summed E-state index contributed by atoms with van der Waals surface area (Å²) in [4.78, 5) is 29.5. The van der Waals surface area contributed by atoms with Crippen molar-refractivity contribution in [3.8, 4) is 11.1 Å². The van der Waals surface area contributed by atoms with Gasteiger partial charge in [0.05, 0.1) is 22.5 Å². The van der Waals surface area contributed by atoms with Crippen LogP contribution in [0.4, 0.5) is 0 Å². The van der Waals surface area contributed by atoms with Gasteiger partial charge in [0.2, 0.25) is 15.9 Å². The van der Waals surface area contributed by atoms with E-state index in [0.717, 1.165) is 18.5 Å². The molecule has 1 aliphatic rings. The Morgan fingerprint density at radius 2 is 1.71 bits per heavy atom. The maximum atomic E-state index is 12.6. The first kappa shape index (κ1) is 24.8. The summed E-state index contributed by atoms with van der Waals surface area (Å²) in [5.41, 5.74) is 14.4. The molecule has 1 saturated heterocycles. The van der Waals surface area contributed by atoms with E-state index in [0.29, 0.717) is 47.4 Å². The number of pyridine rings is 1. The van der Waals surface area contributed by atoms with Gasteiger partial charge in [-0.15, -0.1) is 0 Å². The molecule has 0 radical (unpaired) electrons. The van der Waals surface area contributed by atoms with Crippen LogP contribution in [0.2, 0.25) is 0 Å². The number of carbonyl (C=O) groups excluding carboxylic acids is 2. The van der Waals surface area contributed by atoms with Crippen LogP contribution in [0, 0.1) is 19.8 Å². The van der Waals surface area contributed by atoms with Gasteiger partial charge < -0.3 is 11.5 Å². The van der Waals surface area contributed by atoms with E-state index < -0.39 is 21.8 Å². The van der Waals surface area contributed by atoms with Gasteiger partial charge in [0.1, 0.15) is 5.69 Å². The number of amides is 2. The van der Waals surface area contributed by atoms with E-state index in [1.807, 2.05) is 11.6 Å². The molecule has 4 rings (SSSR count). The van der Waals surface area contributed by atoms with Gasteiger partial charge in [-0.3, -0.25) is 14.3 Å². The minimum Gasteiger partial charge on any atom is -0.366 e. The first-order chi connectivity index (χ1) is 16.5. The highest BCUT2D eigenvalue weighted by Crippen LogP contribution is 2.36. The van der Waals surface area contributed by atoms with Crippen LogP contribution in [0.1, 0.15) is 52.0 Å². The number of primary amides is 2. The number of fused-ring (bicyclic) bond motifs is 1. The highest BCUT2D eigenvalue weighted by Gasteiger charge is 2.30. The first-order valence-electron chi connectivity index (χ1n) is 11.6. The Kier molecular flexibility index (Phi) is 6.65. The topological polar surface area (TPSA) is 154 Å². The second-order valence-corrected chi connectivity index (χ2v) is 11.2. The fourth-order valence-electron chi connectivity index (χ4n) is 4.92. The minimum absolute atomic E-state index is 0.0265. The van der Waals surface area contributed by atoms with Crippen molar-refractivity contribution < 1.29 is 18.0 Å². The normalized spacial score (nSPS) is 15.5. The van der Waals surface area contributed by atoms with Crippen LogP contribution in [-0.2, 0) is 16.6 Å². The molecule has 186 valence electrons. The molecule has 4 N–H and O–H groups in total. The fourth-order valence-corrected chi connectivity index (χ4v) is 6.06. The number of benzene rings is 1. The molecule has 0 atom stereocenters. The van der Waals surface area contributed by atoms with Gasteiger partial charge in [-0.05, 0) is 45.6 Å². The van der Waals surface area contributed by atoms with Crippen molar-refractivity contribution in [3.05, 3.63) is 46.9 Å². The summed E-state index contributed by atoms with van der Waals surface area (Å²) in [5, 5.41) is 5.24. The van der Waals surface area contributed by atoms with Crippen LogP contribution >= 0.6 is 0 Å². The van der Waals surface area contributed by atoms with Crippen LogP contribution in [0.25, 0.3) is 22.0 Å². The van der Waals surface area contributed by atoms with Crippen molar-refractivity contribution >= 4 is 32.7 Å². The van der Waals surface area contributed by atoms with Gasteiger partial charge in [-0.1, -0.05) is 18.2 Å². The number of nitrogens with two attached hydrogens (primary N) is 2. The van der Waals surface area contributed by atoms with E-state index in [4.69, 9.17) is 16.6 Å². The Bertz CT molecular complexity index is 1420. The molecule has 0 bridgehead atoms. The van der Waals surface area contributed by atoms with Crippen molar-refractivity contribution in [3.63, 3.8) is 0 Å². The highest BCUT2D eigenvalue weighted by molar-refractivity contribution is 7.89. The summed E-state index contributed by atoms with van der Waals surface area (Å²) in [5.74, 6) is -1.10. The third kappa shape index (κ3) is 4.53. The van der Waals surface area contributed by atoms with E-state index in [1.54, 1.807) is 42.4 Å². The Balaban J connectivity index is 1.75. The van der Waals surface area contributed by atoms with Crippen molar-refractivity contribution in [2.24, 2.45) is 17.4 Å². The van der Waals surface area contributed by atoms with Crippen molar-refractivity contribution in [2.75, 3.05) is 18.8 Å². The molecular formula is C24H30N6O4S. The second-order valence-electron chi connectivity index (χ2n) is 8.93. The monoisotopic (exact) mass is 498 g/mol. The molecule has 1 aromatic carbocycles. The number of aromatic nitrogens is 3. The van der Waals surface area contributed by atoms with Gasteiger partial charge in [-0.25, -0.2) is 17.7 Å². The number of rotatable bonds is 7. The van der Waals surface area contributed by atoms with Crippen LogP contribution in [0.5, 0.6) is 0 Å². The fraction of sp³-hybridized carbons (Fsp3) is 0.417. The predicted molar refractivity (Wildman–Crippen MR) is 133 cm³/mol. The lowest BCUT2D eigenvalue weighted by Gasteiger charge is -2.31. The van der Waals surface area contributed by atoms with Crippen molar-refractivity contribution in [2.45, 2.75) is 40.2 Å².